The zero-order valence-corrected chi connectivity index (χ0v) is 12.1. The highest BCUT2D eigenvalue weighted by Gasteiger charge is 2.07. The number of thiophene rings is 1. The molecule has 0 fully saturated rings. The predicted octanol–water partition coefficient (Wildman–Crippen LogP) is 2.09. The van der Waals surface area contributed by atoms with Crippen molar-refractivity contribution in [2.75, 3.05) is 18.1 Å². The average molecular weight is 275 g/mol. The van der Waals surface area contributed by atoms with Crippen molar-refractivity contribution < 1.29 is 8.42 Å². The molecule has 98 valence electrons. The summed E-state index contributed by atoms with van der Waals surface area (Å²) in [6.45, 7) is 4.60. The van der Waals surface area contributed by atoms with E-state index in [4.69, 9.17) is 0 Å². The molecule has 1 rings (SSSR count). The second kappa shape index (κ2) is 7.13. The van der Waals surface area contributed by atoms with Gasteiger partial charge in [0.25, 0.3) is 0 Å². The first-order valence-corrected chi connectivity index (χ1v) is 8.75. The van der Waals surface area contributed by atoms with Gasteiger partial charge in [0.1, 0.15) is 9.84 Å². The zero-order chi connectivity index (χ0) is 12.7. The fourth-order valence-corrected chi connectivity index (χ4v) is 3.17. The van der Waals surface area contributed by atoms with Crippen LogP contribution in [0.2, 0.25) is 0 Å². The topological polar surface area (TPSA) is 46.2 Å². The molecule has 0 aliphatic carbocycles. The fraction of sp³-hybridized carbons (Fsp3) is 0.667. The zero-order valence-electron chi connectivity index (χ0n) is 10.5. The summed E-state index contributed by atoms with van der Waals surface area (Å²) in [6.07, 6.45) is 1.70. The first-order valence-electron chi connectivity index (χ1n) is 5.98. The van der Waals surface area contributed by atoms with Crippen LogP contribution in [0.5, 0.6) is 0 Å². The molecule has 17 heavy (non-hydrogen) atoms. The maximum absolute atomic E-state index is 11.3. The Morgan fingerprint density at radius 3 is 2.82 bits per heavy atom. The van der Waals surface area contributed by atoms with Gasteiger partial charge < -0.3 is 5.32 Å². The van der Waals surface area contributed by atoms with Crippen LogP contribution in [0.15, 0.2) is 16.8 Å². The summed E-state index contributed by atoms with van der Waals surface area (Å²) in [6, 6.07) is 2.53. The molecule has 3 nitrogen and oxygen atoms in total. The standard InChI is InChI=1S/C12H21NO2S2/c1-3-17(14,15)8-4-6-13-11(2)9-12-5-7-16-10-12/h5,7,10-11,13H,3-4,6,8-9H2,1-2H3. The maximum Gasteiger partial charge on any atom is 0.150 e. The van der Waals surface area contributed by atoms with E-state index in [1.807, 2.05) is 0 Å². The van der Waals surface area contributed by atoms with Gasteiger partial charge in [0.15, 0.2) is 0 Å². The molecule has 0 aliphatic heterocycles. The number of sulfone groups is 1. The highest BCUT2D eigenvalue weighted by atomic mass is 32.2. The van der Waals surface area contributed by atoms with Crippen LogP contribution in [-0.2, 0) is 16.3 Å². The van der Waals surface area contributed by atoms with Crippen molar-refractivity contribution in [2.45, 2.75) is 32.7 Å². The molecule has 0 spiro atoms. The summed E-state index contributed by atoms with van der Waals surface area (Å²) in [4.78, 5) is 0. The molecule has 0 saturated carbocycles. The molecular formula is C12H21NO2S2. The summed E-state index contributed by atoms with van der Waals surface area (Å²) in [5.41, 5.74) is 1.34. The minimum absolute atomic E-state index is 0.247. The Bertz CT molecular complexity index is 398. The smallest absolute Gasteiger partial charge is 0.150 e. The van der Waals surface area contributed by atoms with Gasteiger partial charge in [-0.15, -0.1) is 0 Å². The maximum atomic E-state index is 11.3. The second-order valence-corrected chi connectivity index (χ2v) is 7.53. The Labute approximate surface area is 108 Å². The SMILES string of the molecule is CCS(=O)(=O)CCCNC(C)Cc1ccsc1. The van der Waals surface area contributed by atoms with Crippen LogP contribution >= 0.6 is 11.3 Å². The van der Waals surface area contributed by atoms with E-state index in [9.17, 15) is 8.42 Å². The van der Waals surface area contributed by atoms with E-state index in [2.05, 4.69) is 29.1 Å². The summed E-state index contributed by atoms with van der Waals surface area (Å²) in [5.74, 6) is 0.541. The number of rotatable bonds is 8. The van der Waals surface area contributed by atoms with Crippen molar-refractivity contribution in [3.63, 3.8) is 0 Å². The molecule has 0 saturated heterocycles. The van der Waals surface area contributed by atoms with Crippen molar-refractivity contribution in [1.29, 1.82) is 0 Å². The van der Waals surface area contributed by atoms with Gasteiger partial charge in [0.2, 0.25) is 0 Å². The quantitative estimate of drug-likeness (QED) is 0.739. The normalized spacial score (nSPS) is 13.8. The lowest BCUT2D eigenvalue weighted by atomic mass is 10.1. The molecule has 0 bridgehead atoms. The third-order valence-electron chi connectivity index (χ3n) is 2.69. The van der Waals surface area contributed by atoms with Crippen molar-refractivity contribution in [1.82, 2.24) is 5.32 Å². The predicted molar refractivity (Wildman–Crippen MR) is 74.4 cm³/mol. The van der Waals surface area contributed by atoms with E-state index in [0.29, 0.717) is 18.2 Å². The van der Waals surface area contributed by atoms with Crippen LogP contribution in [-0.4, -0.2) is 32.5 Å². The van der Waals surface area contributed by atoms with Gasteiger partial charge in [-0.2, -0.15) is 11.3 Å². The van der Waals surface area contributed by atoms with E-state index < -0.39 is 9.84 Å². The molecule has 0 aliphatic rings. The van der Waals surface area contributed by atoms with Gasteiger partial charge in [-0.05, 0) is 48.7 Å². The number of nitrogens with one attached hydrogen (secondary N) is 1. The minimum Gasteiger partial charge on any atom is -0.314 e. The lowest BCUT2D eigenvalue weighted by Crippen LogP contribution is -2.30. The molecule has 1 aromatic rings. The largest absolute Gasteiger partial charge is 0.314 e. The van der Waals surface area contributed by atoms with E-state index in [-0.39, 0.29) is 5.75 Å². The molecule has 1 unspecified atom stereocenters. The molecule has 1 heterocycles. The Hall–Kier alpha value is -0.390. The van der Waals surface area contributed by atoms with E-state index in [0.717, 1.165) is 13.0 Å². The van der Waals surface area contributed by atoms with Crippen LogP contribution in [0.3, 0.4) is 0 Å². The van der Waals surface area contributed by atoms with Crippen LogP contribution < -0.4 is 5.32 Å². The van der Waals surface area contributed by atoms with Crippen molar-refractivity contribution >= 4 is 21.2 Å². The molecule has 0 amide bonds. The second-order valence-electron chi connectivity index (χ2n) is 4.28. The van der Waals surface area contributed by atoms with Crippen LogP contribution in [0.25, 0.3) is 0 Å². The lowest BCUT2D eigenvalue weighted by Gasteiger charge is -2.12. The molecule has 0 aromatic carbocycles. The minimum atomic E-state index is -2.81. The van der Waals surface area contributed by atoms with E-state index >= 15 is 0 Å². The van der Waals surface area contributed by atoms with Gasteiger partial charge >= 0.3 is 0 Å². The van der Waals surface area contributed by atoms with Crippen LogP contribution in [0.4, 0.5) is 0 Å². The van der Waals surface area contributed by atoms with Crippen LogP contribution in [0.1, 0.15) is 25.8 Å². The third kappa shape index (κ3) is 6.19. The van der Waals surface area contributed by atoms with Crippen molar-refractivity contribution in [2.24, 2.45) is 0 Å². The average Bonchev–Trinajstić information content (AvgIpc) is 2.77. The summed E-state index contributed by atoms with van der Waals surface area (Å²) >= 11 is 1.71. The van der Waals surface area contributed by atoms with Gasteiger partial charge in [-0.25, -0.2) is 8.42 Å². The summed E-state index contributed by atoms with van der Waals surface area (Å²) in [7, 11) is -2.81. The summed E-state index contributed by atoms with van der Waals surface area (Å²) < 4.78 is 22.5. The highest BCUT2D eigenvalue weighted by molar-refractivity contribution is 7.91. The molecule has 5 heteroatoms. The monoisotopic (exact) mass is 275 g/mol. The molecule has 1 aromatic heterocycles. The lowest BCUT2D eigenvalue weighted by molar-refractivity contribution is 0.539. The van der Waals surface area contributed by atoms with Crippen molar-refractivity contribution in [3.8, 4) is 0 Å². The first kappa shape index (κ1) is 14.7. The van der Waals surface area contributed by atoms with Crippen molar-refractivity contribution in [3.05, 3.63) is 22.4 Å². The molecular weight excluding hydrogens is 254 g/mol. The van der Waals surface area contributed by atoms with Gasteiger partial charge in [0, 0.05) is 11.8 Å². The molecule has 1 N–H and O–H groups in total. The van der Waals surface area contributed by atoms with Gasteiger partial charge in [-0.3, -0.25) is 0 Å². The first-order chi connectivity index (χ1) is 8.03. The van der Waals surface area contributed by atoms with Crippen LogP contribution in [0, 0.1) is 0 Å². The van der Waals surface area contributed by atoms with E-state index in [1.165, 1.54) is 5.56 Å². The fourth-order valence-electron chi connectivity index (χ4n) is 1.62. The molecule has 1 atom stereocenters. The Balaban J connectivity index is 2.14. The van der Waals surface area contributed by atoms with E-state index in [1.54, 1.807) is 18.3 Å². The highest BCUT2D eigenvalue weighted by Crippen LogP contribution is 2.08. The summed E-state index contributed by atoms with van der Waals surface area (Å²) in [5, 5.41) is 7.59. The Kier molecular flexibility index (Phi) is 6.16. The number of hydrogen-bond acceptors (Lipinski definition) is 4. The number of hydrogen-bond donors (Lipinski definition) is 1. The van der Waals surface area contributed by atoms with Gasteiger partial charge in [0.05, 0.1) is 5.75 Å². The Morgan fingerprint density at radius 1 is 1.47 bits per heavy atom. The third-order valence-corrected chi connectivity index (χ3v) is 5.21. The molecule has 0 radical (unpaired) electrons. The van der Waals surface area contributed by atoms with Gasteiger partial charge in [-0.1, -0.05) is 6.92 Å². The Morgan fingerprint density at radius 2 is 2.24 bits per heavy atom.